The third kappa shape index (κ3) is 1.84. The Bertz CT molecular complexity index is 444. The number of carbonyl (C=O) groups excluding carboxylic acids is 1. The normalized spacial score (nSPS) is 26.9. The number of aliphatic hydroxyl groups is 1. The van der Waals surface area contributed by atoms with E-state index in [1.54, 1.807) is 0 Å². The van der Waals surface area contributed by atoms with Crippen molar-refractivity contribution in [2.75, 3.05) is 19.7 Å². The molecule has 2 unspecified atom stereocenters. The molecule has 0 aromatic heterocycles. The highest BCUT2D eigenvalue weighted by Gasteiger charge is 2.34. The van der Waals surface area contributed by atoms with Gasteiger partial charge in [0.05, 0.1) is 0 Å². The van der Waals surface area contributed by atoms with Crippen LogP contribution in [0.1, 0.15) is 23.5 Å². The van der Waals surface area contributed by atoms with Gasteiger partial charge in [-0.25, -0.2) is 0 Å². The monoisotopic (exact) mass is 231 g/mol. The Labute approximate surface area is 101 Å². The summed E-state index contributed by atoms with van der Waals surface area (Å²) in [5.74, 6) is 0.860. The molecule has 1 fully saturated rings. The van der Waals surface area contributed by atoms with E-state index in [-0.39, 0.29) is 18.4 Å². The molecule has 1 aliphatic carbocycles. The molecule has 1 aromatic rings. The topological polar surface area (TPSA) is 40.5 Å². The molecule has 0 saturated carbocycles. The third-order valence-electron chi connectivity index (χ3n) is 3.95. The molecule has 1 aromatic carbocycles. The van der Waals surface area contributed by atoms with Gasteiger partial charge in [0.2, 0.25) is 5.91 Å². The van der Waals surface area contributed by atoms with Crippen LogP contribution in [-0.2, 0) is 11.2 Å². The first-order valence-corrected chi connectivity index (χ1v) is 6.24. The van der Waals surface area contributed by atoms with Crippen molar-refractivity contribution in [2.24, 2.45) is 5.92 Å². The summed E-state index contributed by atoms with van der Waals surface area (Å²) in [6.45, 7) is 1.68. The molecule has 90 valence electrons. The maximum absolute atomic E-state index is 11.7. The van der Waals surface area contributed by atoms with Gasteiger partial charge in [0.25, 0.3) is 0 Å². The second kappa shape index (κ2) is 4.15. The zero-order chi connectivity index (χ0) is 11.8. The van der Waals surface area contributed by atoms with Crippen LogP contribution in [0.5, 0.6) is 0 Å². The van der Waals surface area contributed by atoms with Gasteiger partial charge in [-0.3, -0.25) is 4.79 Å². The molecular weight excluding hydrogens is 214 g/mol. The lowest BCUT2D eigenvalue weighted by molar-refractivity contribution is -0.128. The molecule has 3 nitrogen and oxygen atoms in total. The number of fused-ring (bicyclic) bond motifs is 1. The number of aliphatic hydroxyl groups excluding tert-OH is 1. The predicted molar refractivity (Wildman–Crippen MR) is 64.7 cm³/mol. The fraction of sp³-hybridized carbons (Fsp3) is 0.500. The minimum atomic E-state index is 0.128. The lowest BCUT2D eigenvalue weighted by Crippen LogP contribution is -2.34. The van der Waals surface area contributed by atoms with Gasteiger partial charge in [0.15, 0.2) is 0 Å². The summed E-state index contributed by atoms with van der Waals surface area (Å²) in [7, 11) is 0. The van der Waals surface area contributed by atoms with Crippen LogP contribution in [0.2, 0.25) is 0 Å². The molecule has 2 aliphatic rings. The first-order chi connectivity index (χ1) is 8.28. The van der Waals surface area contributed by atoms with Crippen LogP contribution < -0.4 is 0 Å². The Kier molecular flexibility index (Phi) is 2.63. The van der Waals surface area contributed by atoms with E-state index in [1.165, 1.54) is 11.1 Å². The summed E-state index contributed by atoms with van der Waals surface area (Å²) in [5.41, 5.74) is 2.82. The van der Waals surface area contributed by atoms with Crippen LogP contribution in [0.15, 0.2) is 24.3 Å². The molecule has 0 spiro atoms. The van der Waals surface area contributed by atoms with Gasteiger partial charge in [-0.2, -0.15) is 0 Å². The average Bonchev–Trinajstić information content (AvgIpc) is 2.67. The van der Waals surface area contributed by atoms with E-state index in [4.69, 9.17) is 5.11 Å². The van der Waals surface area contributed by atoms with Gasteiger partial charge >= 0.3 is 0 Å². The largest absolute Gasteiger partial charge is 0.396 e. The highest BCUT2D eigenvalue weighted by molar-refractivity contribution is 5.78. The Hall–Kier alpha value is -1.35. The van der Waals surface area contributed by atoms with Gasteiger partial charge in [-0.05, 0) is 17.5 Å². The van der Waals surface area contributed by atoms with Gasteiger partial charge in [0.1, 0.15) is 0 Å². The second-order valence-electron chi connectivity index (χ2n) is 5.15. The van der Waals surface area contributed by atoms with Gasteiger partial charge < -0.3 is 10.0 Å². The molecule has 1 heterocycles. The van der Waals surface area contributed by atoms with Crippen LogP contribution in [0.4, 0.5) is 0 Å². The van der Waals surface area contributed by atoms with Crippen molar-refractivity contribution in [3.8, 4) is 0 Å². The first-order valence-electron chi connectivity index (χ1n) is 6.24. The van der Waals surface area contributed by atoms with Crippen molar-refractivity contribution in [3.05, 3.63) is 35.4 Å². The number of carbonyl (C=O) groups is 1. The van der Waals surface area contributed by atoms with Crippen molar-refractivity contribution in [3.63, 3.8) is 0 Å². The van der Waals surface area contributed by atoms with Crippen LogP contribution in [-0.4, -0.2) is 35.6 Å². The molecule has 1 N–H and O–H groups in total. The van der Waals surface area contributed by atoms with Crippen LogP contribution >= 0.6 is 0 Å². The van der Waals surface area contributed by atoms with Crippen molar-refractivity contribution in [1.29, 1.82) is 0 Å². The molecule has 3 rings (SSSR count). The van der Waals surface area contributed by atoms with E-state index in [0.717, 1.165) is 19.5 Å². The fourth-order valence-corrected chi connectivity index (χ4v) is 2.94. The second-order valence-corrected chi connectivity index (χ2v) is 5.15. The van der Waals surface area contributed by atoms with E-state index < -0.39 is 0 Å². The smallest absolute Gasteiger partial charge is 0.223 e. The maximum atomic E-state index is 11.7. The van der Waals surface area contributed by atoms with Crippen molar-refractivity contribution < 1.29 is 9.90 Å². The van der Waals surface area contributed by atoms with Gasteiger partial charge in [-0.15, -0.1) is 0 Å². The molecule has 2 atom stereocenters. The average molecular weight is 231 g/mol. The van der Waals surface area contributed by atoms with Crippen molar-refractivity contribution in [2.45, 2.75) is 18.8 Å². The molecule has 1 amide bonds. The molecule has 3 heteroatoms. The number of likely N-dealkylation sites (tertiary alicyclic amines) is 1. The first kappa shape index (κ1) is 10.8. The molecule has 17 heavy (non-hydrogen) atoms. The summed E-state index contributed by atoms with van der Waals surface area (Å²) >= 11 is 0. The van der Waals surface area contributed by atoms with E-state index in [2.05, 4.69) is 24.3 Å². The highest BCUT2D eigenvalue weighted by Crippen LogP contribution is 2.36. The van der Waals surface area contributed by atoms with E-state index in [9.17, 15) is 4.79 Å². The highest BCUT2D eigenvalue weighted by atomic mass is 16.3. The standard InChI is InChI=1S/C14H17NO2/c16-9-10-5-14(17)15(7-10)8-12-6-11-3-1-2-4-13(11)12/h1-4,10,12,16H,5-9H2. The minimum Gasteiger partial charge on any atom is -0.396 e. The number of nitrogens with zero attached hydrogens (tertiary/aromatic N) is 1. The zero-order valence-corrected chi connectivity index (χ0v) is 9.80. The van der Waals surface area contributed by atoms with E-state index in [1.807, 2.05) is 4.90 Å². The number of amides is 1. The quantitative estimate of drug-likeness (QED) is 0.848. The molecule has 1 saturated heterocycles. The van der Waals surface area contributed by atoms with Crippen LogP contribution in [0.3, 0.4) is 0 Å². The lowest BCUT2D eigenvalue weighted by atomic mass is 9.77. The summed E-state index contributed by atoms with van der Waals surface area (Å²) < 4.78 is 0. The van der Waals surface area contributed by atoms with Crippen LogP contribution in [0, 0.1) is 5.92 Å². The van der Waals surface area contributed by atoms with Gasteiger partial charge in [0, 0.05) is 38.0 Å². The Morgan fingerprint density at radius 2 is 2.12 bits per heavy atom. The van der Waals surface area contributed by atoms with Crippen molar-refractivity contribution in [1.82, 2.24) is 4.90 Å². The number of hydrogen-bond acceptors (Lipinski definition) is 2. The number of hydrogen-bond donors (Lipinski definition) is 1. The number of benzene rings is 1. The van der Waals surface area contributed by atoms with E-state index in [0.29, 0.717) is 12.3 Å². The molecule has 0 bridgehead atoms. The minimum absolute atomic E-state index is 0.128. The summed E-state index contributed by atoms with van der Waals surface area (Å²) in [6, 6.07) is 8.45. The Morgan fingerprint density at radius 1 is 1.29 bits per heavy atom. The predicted octanol–water partition coefficient (Wildman–Crippen LogP) is 1.17. The zero-order valence-electron chi connectivity index (χ0n) is 9.80. The summed E-state index contributed by atoms with van der Waals surface area (Å²) in [5, 5.41) is 9.09. The number of rotatable bonds is 3. The maximum Gasteiger partial charge on any atom is 0.223 e. The Morgan fingerprint density at radius 3 is 2.82 bits per heavy atom. The molecular formula is C14H17NO2. The molecule has 1 aliphatic heterocycles. The van der Waals surface area contributed by atoms with Crippen molar-refractivity contribution >= 4 is 5.91 Å². The van der Waals surface area contributed by atoms with E-state index >= 15 is 0 Å². The summed E-state index contributed by atoms with van der Waals surface area (Å²) in [4.78, 5) is 13.7. The SMILES string of the molecule is O=C1CC(CO)CN1CC1Cc2ccccc21. The summed E-state index contributed by atoms with van der Waals surface area (Å²) in [6.07, 6.45) is 1.61. The molecule has 0 radical (unpaired) electrons. The third-order valence-corrected chi connectivity index (χ3v) is 3.95. The van der Waals surface area contributed by atoms with Crippen LogP contribution in [0.25, 0.3) is 0 Å². The van der Waals surface area contributed by atoms with Gasteiger partial charge in [-0.1, -0.05) is 24.3 Å². The Balaban J connectivity index is 1.65. The lowest BCUT2D eigenvalue weighted by Gasteiger charge is -2.33. The fourth-order valence-electron chi connectivity index (χ4n) is 2.94.